The van der Waals surface area contributed by atoms with Crippen molar-refractivity contribution in [1.29, 1.82) is 0 Å². The molecule has 0 aromatic carbocycles. The zero-order valence-corrected chi connectivity index (χ0v) is 40.9. The quantitative estimate of drug-likeness (QED) is 0.0244. The van der Waals surface area contributed by atoms with E-state index in [1.165, 1.54) is 193 Å². The van der Waals surface area contributed by atoms with Crippen LogP contribution in [0.5, 0.6) is 0 Å². The lowest BCUT2D eigenvalue weighted by Gasteiger charge is -2.25. The van der Waals surface area contributed by atoms with Crippen LogP contribution in [-0.2, 0) is 18.4 Å². The van der Waals surface area contributed by atoms with Gasteiger partial charge in [-0.25, -0.2) is 4.57 Å². The average Bonchev–Trinajstić information content (AvgIpc) is 3.19. The summed E-state index contributed by atoms with van der Waals surface area (Å²) >= 11 is 0. The fraction of sp³-hybridized carbons (Fsp3) is 0.940. The molecule has 0 heterocycles. The SMILES string of the molecule is CCCCCCC/C=C/C(O)C(COP(=O)(O)OCC[N+](C)(C)C)NC(=O)CCCCCCCCCCCCCCCCCCCCCCCCCCCCCCCC. The van der Waals surface area contributed by atoms with E-state index < -0.39 is 20.0 Å². The maximum absolute atomic E-state index is 12.8. The Morgan fingerprint density at radius 3 is 1.25 bits per heavy atom. The van der Waals surface area contributed by atoms with Crippen molar-refractivity contribution in [2.45, 2.75) is 264 Å². The van der Waals surface area contributed by atoms with Gasteiger partial charge in [0.1, 0.15) is 13.2 Å². The van der Waals surface area contributed by atoms with Crippen LogP contribution in [0.15, 0.2) is 12.2 Å². The minimum atomic E-state index is -4.32. The van der Waals surface area contributed by atoms with Gasteiger partial charge in [0.05, 0.1) is 39.9 Å². The van der Waals surface area contributed by atoms with Gasteiger partial charge in [-0.05, 0) is 19.3 Å². The third-order valence-electron chi connectivity index (χ3n) is 11.8. The van der Waals surface area contributed by atoms with E-state index >= 15 is 0 Å². The number of phosphoric acid groups is 1. The Morgan fingerprint density at radius 1 is 0.559 bits per heavy atom. The zero-order chi connectivity index (χ0) is 43.6. The van der Waals surface area contributed by atoms with Gasteiger partial charge in [0, 0.05) is 6.42 Å². The fourth-order valence-electron chi connectivity index (χ4n) is 7.69. The third kappa shape index (κ3) is 45.1. The molecule has 0 saturated carbocycles. The monoisotopic (exact) mass is 858 g/mol. The molecule has 0 aromatic rings. The van der Waals surface area contributed by atoms with Crippen LogP contribution in [0.2, 0.25) is 0 Å². The predicted molar refractivity (Wildman–Crippen MR) is 254 cm³/mol. The number of allylic oxidation sites excluding steroid dienone is 1. The molecular weight excluding hydrogens is 756 g/mol. The Bertz CT molecular complexity index is 974. The minimum Gasteiger partial charge on any atom is -0.387 e. The average molecular weight is 858 g/mol. The van der Waals surface area contributed by atoms with E-state index in [4.69, 9.17) is 9.05 Å². The maximum atomic E-state index is 12.8. The summed E-state index contributed by atoms with van der Waals surface area (Å²) in [7, 11) is 1.58. The van der Waals surface area contributed by atoms with Gasteiger partial charge in [-0.1, -0.05) is 238 Å². The zero-order valence-electron chi connectivity index (χ0n) is 40.0. The summed E-state index contributed by atoms with van der Waals surface area (Å²) in [4.78, 5) is 23.0. The lowest BCUT2D eigenvalue weighted by atomic mass is 10.0. The molecule has 3 N–H and O–H groups in total. The molecule has 0 bridgehead atoms. The van der Waals surface area contributed by atoms with Gasteiger partial charge in [-0.2, -0.15) is 0 Å². The number of carbonyl (C=O) groups is 1. The largest absolute Gasteiger partial charge is 0.472 e. The van der Waals surface area contributed by atoms with E-state index in [0.717, 1.165) is 38.5 Å². The van der Waals surface area contributed by atoms with Gasteiger partial charge < -0.3 is 19.8 Å². The molecule has 3 unspecified atom stereocenters. The van der Waals surface area contributed by atoms with Crippen LogP contribution in [0.3, 0.4) is 0 Å². The highest BCUT2D eigenvalue weighted by Crippen LogP contribution is 2.43. The normalized spacial score (nSPS) is 14.2. The van der Waals surface area contributed by atoms with Crippen LogP contribution in [0.25, 0.3) is 0 Å². The molecule has 59 heavy (non-hydrogen) atoms. The number of nitrogens with zero attached hydrogens (tertiary/aromatic N) is 1. The number of likely N-dealkylation sites (N-methyl/N-ethyl adjacent to an activating group) is 1. The van der Waals surface area contributed by atoms with Crippen LogP contribution in [0, 0.1) is 0 Å². The van der Waals surface area contributed by atoms with Crippen molar-refractivity contribution in [2.24, 2.45) is 0 Å². The molecule has 0 aliphatic heterocycles. The van der Waals surface area contributed by atoms with Crippen LogP contribution < -0.4 is 5.32 Å². The summed E-state index contributed by atoms with van der Waals surface area (Å²) in [6.45, 7) is 4.78. The van der Waals surface area contributed by atoms with E-state index in [0.29, 0.717) is 17.4 Å². The van der Waals surface area contributed by atoms with Crippen LogP contribution in [-0.4, -0.2) is 73.4 Å². The van der Waals surface area contributed by atoms with Gasteiger partial charge in [0.2, 0.25) is 5.91 Å². The Balaban J connectivity index is 3.87. The smallest absolute Gasteiger partial charge is 0.387 e. The minimum absolute atomic E-state index is 0.0640. The first-order valence-corrected chi connectivity index (χ1v) is 27.1. The maximum Gasteiger partial charge on any atom is 0.472 e. The van der Waals surface area contributed by atoms with Crippen LogP contribution in [0.4, 0.5) is 0 Å². The molecule has 0 aliphatic carbocycles. The van der Waals surface area contributed by atoms with Crippen LogP contribution >= 0.6 is 7.82 Å². The number of quaternary nitrogens is 1. The van der Waals surface area contributed by atoms with Crippen molar-refractivity contribution in [3.8, 4) is 0 Å². The summed E-state index contributed by atoms with van der Waals surface area (Å²) < 4.78 is 23.5. The first-order valence-electron chi connectivity index (χ1n) is 25.6. The number of amides is 1. The predicted octanol–water partition coefficient (Wildman–Crippen LogP) is 14.7. The summed E-state index contributed by atoms with van der Waals surface area (Å²) in [5.74, 6) is -0.176. The van der Waals surface area contributed by atoms with E-state index in [2.05, 4.69) is 19.2 Å². The molecule has 0 saturated heterocycles. The van der Waals surface area contributed by atoms with E-state index in [-0.39, 0.29) is 19.1 Å². The van der Waals surface area contributed by atoms with Gasteiger partial charge in [0.25, 0.3) is 0 Å². The number of hydrogen-bond acceptors (Lipinski definition) is 5. The molecule has 8 nitrogen and oxygen atoms in total. The van der Waals surface area contributed by atoms with Gasteiger partial charge in [-0.15, -0.1) is 0 Å². The van der Waals surface area contributed by atoms with Gasteiger partial charge >= 0.3 is 7.82 Å². The number of nitrogens with one attached hydrogen (secondary N) is 1. The Labute approximate surface area is 367 Å². The van der Waals surface area contributed by atoms with Crippen molar-refractivity contribution in [2.75, 3.05) is 40.9 Å². The van der Waals surface area contributed by atoms with Crippen LogP contribution in [0.1, 0.15) is 251 Å². The van der Waals surface area contributed by atoms with Crippen molar-refractivity contribution < 1.29 is 32.9 Å². The number of carbonyl (C=O) groups excluding carboxylic acids is 1. The Morgan fingerprint density at radius 2 is 0.898 bits per heavy atom. The molecule has 0 rings (SSSR count). The summed E-state index contributed by atoms with van der Waals surface area (Å²) in [5.41, 5.74) is 0. The topological polar surface area (TPSA) is 105 Å². The number of rotatable bonds is 47. The van der Waals surface area contributed by atoms with E-state index in [1.54, 1.807) is 6.08 Å². The summed E-state index contributed by atoms with van der Waals surface area (Å²) in [6.07, 6.45) is 50.6. The fourth-order valence-corrected chi connectivity index (χ4v) is 8.43. The van der Waals surface area contributed by atoms with Gasteiger partial charge in [0.15, 0.2) is 0 Å². The highest BCUT2D eigenvalue weighted by atomic mass is 31.2. The number of aliphatic hydroxyl groups is 1. The molecular formula is C50H102N2O6P+. The second-order valence-corrected chi connectivity index (χ2v) is 20.4. The standard InChI is InChI=1S/C50H101N2O6P/c1-6-8-10-12-14-15-16-17-18-19-20-21-22-23-24-25-26-27-28-29-30-31-32-33-34-35-36-38-40-42-44-50(54)51-48(49(53)43-41-39-37-13-11-9-7-2)47-58-59(55,56)57-46-45-52(3,4)5/h41,43,48-49,53H,6-40,42,44-47H2,1-5H3,(H-,51,54,55,56)/p+1/b43-41+. The number of hydrogen-bond donors (Lipinski definition) is 3. The molecule has 0 fully saturated rings. The second kappa shape index (κ2) is 42.5. The van der Waals surface area contributed by atoms with Crippen molar-refractivity contribution in [3.05, 3.63) is 12.2 Å². The molecule has 0 spiro atoms. The lowest BCUT2D eigenvalue weighted by molar-refractivity contribution is -0.870. The molecule has 3 atom stereocenters. The second-order valence-electron chi connectivity index (χ2n) is 18.9. The lowest BCUT2D eigenvalue weighted by Crippen LogP contribution is -2.45. The Kier molecular flexibility index (Phi) is 42.0. The highest BCUT2D eigenvalue weighted by Gasteiger charge is 2.27. The Hall–Kier alpha value is -0.760. The first kappa shape index (κ1) is 58.2. The van der Waals surface area contributed by atoms with E-state index in [1.807, 2.05) is 27.2 Å². The third-order valence-corrected chi connectivity index (χ3v) is 12.7. The summed E-state index contributed by atoms with van der Waals surface area (Å²) in [6, 6.07) is -0.838. The molecule has 352 valence electrons. The number of unbranched alkanes of at least 4 members (excludes halogenated alkanes) is 34. The van der Waals surface area contributed by atoms with Crippen molar-refractivity contribution in [3.63, 3.8) is 0 Å². The molecule has 0 aliphatic rings. The molecule has 0 radical (unpaired) electrons. The van der Waals surface area contributed by atoms with E-state index in [9.17, 15) is 19.4 Å². The summed E-state index contributed by atoms with van der Waals surface area (Å²) in [5, 5.41) is 13.7. The molecule has 9 heteroatoms. The van der Waals surface area contributed by atoms with Gasteiger partial charge in [-0.3, -0.25) is 13.8 Å². The highest BCUT2D eigenvalue weighted by molar-refractivity contribution is 7.47. The van der Waals surface area contributed by atoms with Crippen molar-refractivity contribution in [1.82, 2.24) is 5.32 Å². The molecule has 0 aromatic heterocycles. The number of aliphatic hydroxyl groups excluding tert-OH is 1. The number of phosphoric ester groups is 1. The molecule has 1 amide bonds. The van der Waals surface area contributed by atoms with Crippen molar-refractivity contribution >= 4 is 13.7 Å². The first-order chi connectivity index (χ1) is 28.5.